The molecule has 0 aliphatic heterocycles. The van der Waals surface area contributed by atoms with Gasteiger partial charge in [0, 0.05) is 11.6 Å². The highest BCUT2D eigenvalue weighted by Crippen LogP contribution is 2.35. The summed E-state index contributed by atoms with van der Waals surface area (Å²) in [4.78, 5) is 9.69. The van der Waals surface area contributed by atoms with Crippen LogP contribution in [0.4, 0.5) is 5.69 Å². The average molecular weight is 249 g/mol. The highest BCUT2D eigenvalue weighted by atomic mass is 16.6. The van der Waals surface area contributed by atoms with Crippen LogP contribution in [0.25, 0.3) is 0 Å². The maximum atomic E-state index is 10.6. The number of benzene rings is 1. The highest BCUT2D eigenvalue weighted by molar-refractivity contribution is 5.57. The van der Waals surface area contributed by atoms with E-state index in [0.717, 1.165) is 12.1 Å². The molecule has 1 aromatic rings. The number of nitro groups is 1. The molecule has 0 saturated heterocycles. The van der Waals surface area contributed by atoms with Gasteiger partial charge in [0.25, 0.3) is 0 Å². The third kappa shape index (κ3) is 2.35. The van der Waals surface area contributed by atoms with Crippen LogP contribution in [0.5, 0.6) is 5.75 Å². The molecule has 18 heavy (non-hydrogen) atoms. The van der Waals surface area contributed by atoms with Crippen molar-refractivity contribution in [2.24, 2.45) is 0 Å². The minimum absolute atomic E-state index is 0.182. The van der Waals surface area contributed by atoms with E-state index in [1.54, 1.807) is 6.07 Å². The molecule has 2 atom stereocenters. The molecule has 0 heterocycles. The number of hydrogen-bond acceptors (Lipinski definition) is 7. The van der Waals surface area contributed by atoms with Crippen LogP contribution in [0.3, 0.4) is 0 Å². The largest absolute Gasteiger partial charge is 0.502 e. The molecular formula is C10H7N3O5. The van der Waals surface area contributed by atoms with E-state index in [1.165, 1.54) is 6.07 Å². The van der Waals surface area contributed by atoms with Crippen molar-refractivity contribution in [2.45, 2.75) is 12.2 Å². The molecule has 8 heteroatoms. The van der Waals surface area contributed by atoms with E-state index in [4.69, 9.17) is 15.6 Å². The van der Waals surface area contributed by atoms with Crippen molar-refractivity contribution >= 4 is 5.69 Å². The summed E-state index contributed by atoms with van der Waals surface area (Å²) in [6.45, 7) is 0. The minimum Gasteiger partial charge on any atom is -0.502 e. The van der Waals surface area contributed by atoms with Crippen LogP contribution in [0.1, 0.15) is 17.2 Å². The Kier molecular flexibility index (Phi) is 3.79. The number of nitro benzene ring substituents is 1. The Labute approximate surface area is 101 Å². The Hall–Kier alpha value is -2.68. The van der Waals surface area contributed by atoms with Gasteiger partial charge in [-0.3, -0.25) is 10.1 Å². The zero-order valence-electron chi connectivity index (χ0n) is 8.81. The van der Waals surface area contributed by atoms with Gasteiger partial charge in [-0.25, -0.2) is 0 Å². The summed E-state index contributed by atoms with van der Waals surface area (Å²) in [7, 11) is 0. The van der Waals surface area contributed by atoms with Gasteiger partial charge >= 0.3 is 5.69 Å². The second-order valence-corrected chi connectivity index (χ2v) is 3.32. The summed E-state index contributed by atoms with van der Waals surface area (Å²) in [6.07, 6.45) is -3.72. The van der Waals surface area contributed by atoms with Gasteiger partial charge in [0.2, 0.25) is 0 Å². The normalized spacial score (nSPS) is 13.1. The van der Waals surface area contributed by atoms with Crippen LogP contribution in [0.2, 0.25) is 0 Å². The molecule has 8 nitrogen and oxygen atoms in total. The molecule has 0 fully saturated rings. The lowest BCUT2D eigenvalue weighted by molar-refractivity contribution is -0.386. The Balaban J connectivity index is 3.45. The van der Waals surface area contributed by atoms with Crippen molar-refractivity contribution in [3.05, 3.63) is 33.4 Å². The Bertz CT molecular complexity index is 572. The van der Waals surface area contributed by atoms with Gasteiger partial charge in [-0.05, 0) is 6.07 Å². The summed E-state index contributed by atoms with van der Waals surface area (Å²) in [5.74, 6) is -0.888. The molecule has 0 aliphatic carbocycles. The van der Waals surface area contributed by atoms with Crippen molar-refractivity contribution < 1.29 is 20.2 Å². The predicted octanol–water partition coefficient (Wildman–Crippen LogP) is 0.0900. The molecule has 92 valence electrons. The number of hydrogen-bond donors (Lipinski definition) is 3. The first-order valence-corrected chi connectivity index (χ1v) is 4.59. The maximum Gasteiger partial charge on any atom is 0.312 e. The summed E-state index contributed by atoms with van der Waals surface area (Å²) in [6, 6.07) is 4.72. The summed E-state index contributed by atoms with van der Waals surface area (Å²) >= 11 is 0. The Morgan fingerprint density at radius 1 is 1.33 bits per heavy atom. The van der Waals surface area contributed by atoms with Gasteiger partial charge in [0.1, 0.15) is 6.10 Å². The highest BCUT2D eigenvalue weighted by Gasteiger charge is 2.27. The molecule has 0 radical (unpaired) electrons. The second-order valence-electron chi connectivity index (χ2n) is 3.32. The zero-order valence-corrected chi connectivity index (χ0v) is 8.81. The number of rotatable bonds is 3. The van der Waals surface area contributed by atoms with Gasteiger partial charge < -0.3 is 15.3 Å². The van der Waals surface area contributed by atoms with E-state index < -0.39 is 34.1 Å². The minimum atomic E-state index is -1.87. The van der Waals surface area contributed by atoms with E-state index in [1.807, 2.05) is 0 Å². The third-order valence-electron chi connectivity index (χ3n) is 2.20. The summed E-state index contributed by atoms with van der Waals surface area (Å²) < 4.78 is 0. The first kappa shape index (κ1) is 13.4. The number of phenolic OH excluding ortho intramolecular Hbond substituents is 1. The lowest BCUT2D eigenvalue weighted by atomic mass is 10.0. The number of aliphatic hydroxyl groups is 2. The SMILES string of the molecule is N#Cc1cc(C(O)C(O)C#N)c(O)c([N+](=O)[O-])c1. The van der Waals surface area contributed by atoms with E-state index in [-0.39, 0.29) is 5.56 Å². The molecule has 0 aliphatic rings. The van der Waals surface area contributed by atoms with Crippen LogP contribution in [0.15, 0.2) is 12.1 Å². The standard InChI is InChI=1S/C10H7N3O5/c11-3-5-1-6(10(16)8(14)4-12)9(15)7(2-5)13(17)18/h1-2,8,10,14-16H. The van der Waals surface area contributed by atoms with Crippen molar-refractivity contribution in [3.63, 3.8) is 0 Å². The van der Waals surface area contributed by atoms with Gasteiger partial charge in [-0.15, -0.1) is 0 Å². The van der Waals surface area contributed by atoms with E-state index in [2.05, 4.69) is 0 Å². The first-order chi connectivity index (χ1) is 8.42. The van der Waals surface area contributed by atoms with Crippen LogP contribution in [-0.2, 0) is 0 Å². The fourth-order valence-corrected chi connectivity index (χ4v) is 1.31. The first-order valence-electron chi connectivity index (χ1n) is 4.59. The number of nitrogens with zero attached hydrogens (tertiary/aromatic N) is 3. The maximum absolute atomic E-state index is 10.6. The van der Waals surface area contributed by atoms with Crippen LogP contribution in [-0.4, -0.2) is 26.3 Å². The molecule has 0 amide bonds. The monoisotopic (exact) mass is 249 g/mol. The summed E-state index contributed by atoms with van der Waals surface area (Å²) in [5.41, 5.74) is -1.42. The molecule has 2 unspecified atom stereocenters. The van der Waals surface area contributed by atoms with Crippen molar-refractivity contribution in [1.29, 1.82) is 10.5 Å². The topological polar surface area (TPSA) is 151 Å². The van der Waals surface area contributed by atoms with Crippen LogP contribution in [0, 0.1) is 32.8 Å². The number of aromatic hydroxyl groups is 1. The van der Waals surface area contributed by atoms with Gasteiger partial charge in [-0.2, -0.15) is 10.5 Å². The zero-order chi connectivity index (χ0) is 13.9. The van der Waals surface area contributed by atoms with Crippen LogP contribution < -0.4 is 0 Å². The van der Waals surface area contributed by atoms with E-state index in [0.29, 0.717) is 0 Å². The quantitative estimate of drug-likeness (QED) is 0.390. The lowest BCUT2D eigenvalue weighted by Crippen LogP contribution is -2.16. The van der Waals surface area contributed by atoms with Gasteiger partial charge in [0.15, 0.2) is 11.9 Å². The molecule has 0 spiro atoms. The van der Waals surface area contributed by atoms with Gasteiger partial charge in [-0.1, -0.05) is 0 Å². The number of phenols is 1. The van der Waals surface area contributed by atoms with E-state index >= 15 is 0 Å². The van der Waals surface area contributed by atoms with E-state index in [9.17, 15) is 20.3 Å². The second kappa shape index (κ2) is 5.10. The summed E-state index contributed by atoms with van der Waals surface area (Å²) in [5, 5.41) is 55.9. The Morgan fingerprint density at radius 2 is 1.94 bits per heavy atom. The lowest BCUT2D eigenvalue weighted by Gasteiger charge is -2.13. The van der Waals surface area contributed by atoms with Gasteiger partial charge in [0.05, 0.1) is 22.6 Å². The molecule has 3 N–H and O–H groups in total. The third-order valence-corrected chi connectivity index (χ3v) is 2.20. The molecule has 0 saturated carbocycles. The molecule has 0 bridgehead atoms. The fraction of sp³-hybridized carbons (Fsp3) is 0.200. The molecule has 1 rings (SSSR count). The molecule has 1 aromatic carbocycles. The van der Waals surface area contributed by atoms with Crippen molar-refractivity contribution in [1.82, 2.24) is 0 Å². The number of nitriles is 2. The number of aliphatic hydroxyl groups excluding tert-OH is 2. The van der Waals surface area contributed by atoms with Crippen LogP contribution >= 0.6 is 0 Å². The molecule has 0 aromatic heterocycles. The smallest absolute Gasteiger partial charge is 0.312 e. The predicted molar refractivity (Wildman–Crippen MR) is 56.1 cm³/mol. The fourth-order valence-electron chi connectivity index (χ4n) is 1.31. The Morgan fingerprint density at radius 3 is 2.39 bits per heavy atom. The van der Waals surface area contributed by atoms with Crippen molar-refractivity contribution in [3.8, 4) is 17.9 Å². The molecular weight excluding hydrogens is 242 g/mol. The van der Waals surface area contributed by atoms with Crippen molar-refractivity contribution in [2.75, 3.05) is 0 Å². The average Bonchev–Trinajstić information content (AvgIpc) is 2.36.